The van der Waals surface area contributed by atoms with Crippen LogP contribution in [-0.4, -0.2) is 56.6 Å². The van der Waals surface area contributed by atoms with Gasteiger partial charge in [0, 0.05) is 13.0 Å². The molecule has 17 heavy (non-hydrogen) atoms. The van der Waals surface area contributed by atoms with Crippen molar-refractivity contribution < 1.29 is 9.59 Å². The van der Waals surface area contributed by atoms with Gasteiger partial charge in [0.15, 0.2) is 0 Å². The highest BCUT2D eigenvalue weighted by atomic mass is 32.2. The lowest BCUT2D eigenvalue weighted by atomic mass is 10.4. The third kappa shape index (κ3) is 3.45. The number of H-pyrrole nitrogens is 1. The van der Waals surface area contributed by atoms with Crippen molar-refractivity contribution in [2.75, 3.05) is 24.7 Å². The summed E-state index contributed by atoms with van der Waals surface area (Å²) in [4.78, 5) is 28.3. The van der Waals surface area contributed by atoms with Crippen LogP contribution < -0.4 is 5.32 Å². The number of aromatic nitrogens is 3. The van der Waals surface area contributed by atoms with Crippen LogP contribution in [0.4, 0.5) is 0 Å². The molecule has 8 heteroatoms. The van der Waals surface area contributed by atoms with Crippen LogP contribution in [0.2, 0.25) is 0 Å². The van der Waals surface area contributed by atoms with Gasteiger partial charge in [-0.2, -0.15) is 5.10 Å². The average molecular weight is 255 g/mol. The summed E-state index contributed by atoms with van der Waals surface area (Å²) >= 11 is 1.53. The Balaban J connectivity index is 1.65. The molecule has 7 nitrogen and oxygen atoms in total. The molecule has 0 radical (unpaired) electrons. The molecule has 2 heterocycles. The fraction of sp³-hybridized carbons (Fsp3) is 0.556. The molecule has 1 fully saturated rings. The van der Waals surface area contributed by atoms with Gasteiger partial charge in [-0.3, -0.25) is 14.7 Å². The largest absolute Gasteiger partial charge is 0.354 e. The molecule has 1 aliphatic heterocycles. The van der Waals surface area contributed by atoms with E-state index in [4.69, 9.17) is 0 Å². The fourth-order valence-corrected chi connectivity index (χ4v) is 2.35. The first kappa shape index (κ1) is 11.9. The molecule has 2 N–H and O–H groups in total. The van der Waals surface area contributed by atoms with Crippen LogP contribution in [0.15, 0.2) is 6.33 Å². The topological polar surface area (TPSA) is 91.0 Å². The van der Waals surface area contributed by atoms with Gasteiger partial charge in [-0.25, -0.2) is 4.98 Å². The number of nitrogens with zero attached hydrogens (tertiary/aromatic N) is 3. The van der Waals surface area contributed by atoms with Crippen LogP contribution in [-0.2, 0) is 16.0 Å². The van der Waals surface area contributed by atoms with Crippen molar-refractivity contribution in [3.63, 3.8) is 0 Å². The quantitative estimate of drug-likeness (QED) is 0.704. The molecular weight excluding hydrogens is 242 g/mol. The summed E-state index contributed by atoms with van der Waals surface area (Å²) in [5, 5.41) is 9.16. The Kier molecular flexibility index (Phi) is 3.97. The zero-order chi connectivity index (χ0) is 12.1. The molecule has 1 aromatic rings. The second-order valence-corrected chi connectivity index (χ2v) is 4.56. The van der Waals surface area contributed by atoms with Gasteiger partial charge in [-0.1, -0.05) is 0 Å². The average Bonchev–Trinajstić information content (AvgIpc) is 2.92. The predicted octanol–water partition coefficient (Wildman–Crippen LogP) is -1.00. The zero-order valence-electron chi connectivity index (χ0n) is 9.18. The Labute approximate surface area is 102 Å². The van der Waals surface area contributed by atoms with E-state index in [9.17, 15) is 9.59 Å². The maximum atomic E-state index is 11.5. The minimum absolute atomic E-state index is 0.0281. The molecule has 0 aromatic carbocycles. The smallest absolute Gasteiger partial charge is 0.239 e. The van der Waals surface area contributed by atoms with E-state index < -0.39 is 0 Å². The van der Waals surface area contributed by atoms with Gasteiger partial charge in [0.25, 0.3) is 0 Å². The van der Waals surface area contributed by atoms with Crippen LogP contribution in [0.3, 0.4) is 0 Å². The highest BCUT2D eigenvalue weighted by Gasteiger charge is 2.22. The Morgan fingerprint density at radius 2 is 2.53 bits per heavy atom. The summed E-state index contributed by atoms with van der Waals surface area (Å²) in [5.41, 5.74) is 0. The van der Waals surface area contributed by atoms with Crippen LogP contribution >= 0.6 is 11.8 Å². The SMILES string of the molecule is O=C(CN1CSCC1=O)NCCc1ncn[nH]1. The summed E-state index contributed by atoms with van der Waals surface area (Å²) in [6, 6.07) is 0. The second-order valence-electron chi connectivity index (χ2n) is 3.60. The Morgan fingerprint density at radius 3 is 3.18 bits per heavy atom. The lowest BCUT2D eigenvalue weighted by Gasteiger charge is -2.13. The lowest BCUT2D eigenvalue weighted by molar-refractivity contribution is -0.132. The first-order valence-corrected chi connectivity index (χ1v) is 6.37. The second kappa shape index (κ2) is 5.67. The fourth-order valence-electron chi connectivity index (χ4n) is 1.44. The van der Waals surface area contributed by atoms with Gasteiger partial charge in [0.05, 0.1) is 11.6 Å². The molecule has 2 amide bonds. The van der Waals surface area contributed by atoms with Crippen molar-refractivity contribution >= 4 is 23.6 Å². The number of amides is 2. The van der Waals surface area contributed by atoms with Gasteiger partial charge >= 0.3 is 0 Å². The third-order valence-corrected chi connectivity index (χ3v) is 3.25. The number of thioether (sulfide) groups is 1. The van der Waals surface area contributed by atoms with E-state index in [0.29, 0.717) is 24.6 Å². The Morgan fingerprint density at radius 1 is 1.65 bits per heavy atom. The molecule has 0 aliphatic carbocycles. The van der Waals surface area contributed by atoms with E-state index in [0.717, 1.165) is 5.82 Å². The van der Waals surface area contributed by atoms with Gasteiger partial charge < -0.3 is 10.2 Å². The first-order chi connectivity index (χ1) is 8.25. The van der Waals surface area contributed by atoms with Gasteiger partial charge in [-0.05, 0) is 0 Å². The summed E-state index contributed by atoms with van der Waals surface area (Å²) < 4.78 is 0. The van der Waals surface area contributed by atoms with E-state index in [1.54, 1.807) is 4.90 Å². The summed E-state index contributed by atoms with van der Waals surface area (Å²) in [6.07, 6.45) is 2.03. The number of carbonyl (C=O) groups is 2. The van der Waals surface area contributed by atoms with Crippen molar-refractivity contribution in [2.45, 2.75) is 6.42 Å². The minimum atomic E-state index is -0.139. The highest BCUT2D eigenvalue weighted by molar-refractivity contribution is 8.00. The lowest BCUT2D eigenvalue weighted by Crippen LogP contribution is -2.38. The normalized spacial score (nSPS) is 15.3. The molecule has 2 rings (SSSR count). The number of hydrogen-bond acceptors (Lipinski definition) is 5. The predicted molar refractivity (Wildman–Crippen MR) is 62.1 cm³/mol. The van der Waals surface area contributed by atoms with E-state index >= 15 is 0 Å². The molecule has 1 aliphatic rings. The number of hydrogen-bond donors (Lipinski definition) is 2. The minimum Gasteiger partial charge on any atom is -0.354 e. The molecule has 0 spiro atoms. The number of nitrogens with one attached hydrogen (secondary N) is 2. The van der Waals surface area contributed by atoms with Crippen molar-refractivity contribution in [1.82, 2.24) is 25.4 Å². The van der Waals surface area contributed by atoms with Crippen LogP contribution in [0.5, 0.6) is 0 Å². The standard InChI is InChI=1S/C9H13N5O2S/c15-8(3-14-6-17-4-9(14)16)10-2-1-7-11-5-12-13-7/h5H,1-4,6H2,(H,10,15)(H,11,12,13). The van der Waals surface area contributed by atoms with E-state index in [1.807, 2.05) is 0 Å². The van der Waals surface area contributed by atoms with Crippen molar-refractivity contribution in [3.8, 4) is 0 Å². The molecule has 1 aromatic heterocycles. The maximum Gasteiger partial charge on any atom is 0.239 e. The Hall–Kier alpha value is -1.57. The Bertz CT molecular complexity index is 394. The third-order valence-electron chi connectivity index (χ3n) is 2.31. The number of carbonyl (C=O) groups excluding carboxylic acids is 2. The zero-order valence-corrected chi connectivity index (χ0v) is 10.00. The molecular formula is C9H13N5O2S. The van der Waals surface area contributed by atoms with E-state index in [1.165, 1.54) is 18.1 Å². The van der Waals surface area contributed by atoms with Crippen molar-refractivity contribution in [2.24, 2.45) is 0 Å². The molecule has 0 bridgehead atoms. The molecule has 1 saturated heterocycles. The van der Waals surface area contributed by atoms with E-state index in [2.05, 4.69) is 20.5 Å². The van der Waals surface area contributed by atoms with Crippen LogP contribution in [0.1, 0.15) is 5.82 Å². The number of aromatic amines is 1. The van der Waals surface area contributed by atoms with Crippen molar-refractivity contribution in [1.29, 1.82) is 0 Å². The molecule has 0 atom stereocenters. The van der Waals surface area contributed by atoms with Crippen LogP contribution in [0.25, 0.3) is 0 Å². The van der Waals surface area contributed by atoms with E-state index in [-0.39, 0.29) is 18.4 Å². The van der Waals surface area contributed by atoms with Gasteiger partial charge in [0.1, 0.15) is 18.7 Å². The number of rotatable bonds is 5. The van der Waals surface area contributed by atoms with Crippen molar-refractivity contribution in [3.05, 3.63) is 12.2 Å². The maximum absolute atomic E-state index is 11.5. The monoisotopic (exact) mass is 255 g/mol. The summed E-state index contributed by atoms with van der Waals surface area (Å²) in [5.74, 6) is 1.71. The first-order valence-electron chi connectivity index (χ1n) is 5.22. The summed E-state index contributed by atoms with van der Waals surface area (Å²) in [7, 11) is 0. The van der Waals surface area contributed by atoms with Gasteiger partial charge in [0.2, 0.25) is 11.8 Å². The summed E-state index contributed by atoms with van der Waals surface area (Å²) in [6.45, 7) is 0.630. The van der Waals surface area contributed by atoms with Crippen LogP contribution in [0, 0.1) is 0 Å². The molecule has 0 saturated carbocycles. The highest BCUT2D eigenvalue weighted by Crippen LogP contribution is 2.13. The molecule has 92 valence electrons. The van der Waals surface area contributed by atoms with Gasteiger partial charge in [-0.15, -0.1) is 11.8 Å². The molecule has 0 unspecified atom stereocenters.